The minimum Gasteiger partial charge on any atom is -0.478 e. The number of methoxy groups -OCH3 is 1. The number of benzene rings is 1. The average Bonchev–Trinajstić information content (AvgIpc) is 2.72. The monoisotopic (exact) mass is 247 g/mol. The molecule has 18 heavy (non-hydrogen) atoms. The first-order valence-electron chi connectivity index (χ1n) is 5.34. The zero-order valence-electron chi connectivity index (χ0n) is 10.1. The fourth-order valence-electron chi connectivity index (χ4n) is 1.56. The fraction of sp³-hybridized carbons (Fsp3) is 0.250. The molecule has 1 aromatic heterocycles. The van der Waals surface area contributed by atoms with Gasteiger partial charge in [0, 0.05) is 19.7 Å². The summed E-state index contributed by atoms with van der Waals surface area (Å²) in [5.74, 6) is 0.326. The lowest BCUT2D eigenvalue weighted by Gasteiger charge is -1.96. The number of hydrogen-bond acceptors (Lipinski definition) is 4. The van der Waals surface area contributed by atoms with E-state index in [1.165, 1.54) is 12.1 Å². The zero-order chi connectivity index (χ0) is 13.1. The van der Waals surface area contributed by atoms with Crippen molar-refractivity contribution in [2.75, 3.05) is 7.11 Å². The molecule has 1 aromatic carbocycles. The molecule has 0 saturated carbocycles. The summed E-state index contributed by atoms with van der Waals surface area (Å²) >= 11 is 0. The molecule has 2 rings (SSSR count). The molecule has 1 N–H and O–H groups in total. The zero-order valence-corrected chi connectivity index (χ0v) is 10.1. The summed E-state index contributed by atoms with van der Waals surface area (Å²) in [6.45, 7) is 0.386. The van der Waals surface area contributed by atoms with Gasteiger partial charge in [0.05, 0.1) is 5.56 Å². The molecule has 0 spiro atoms. The Morgan fingerprint density at radius 2 is 2.06 bits per heavy atom. The molecular weight excluding hydrogens is 234 g/mol. The minimum absolute atomic E-state index is 0.242. The van der Waals surface area contributed by atoms with E-state index in [4.69, 9.17) is 9.84 Å². The smallest absolute Gasteiger partial charge is 0.335 e. The van der Waals surface area contributed by atoms with Gasteiger partial charge in [0.2, 0.25) is 0 Å². The van der Waals surface area contributed by atoms with Gasteiger partial charge in [-0.3, -0.25) is 4.68 Å². The predicted molar refractivity (Wildman–Crippen MR) is 64.1 cm³/mol. The Labute approximate surface area is 104 Å². The van der Waals surface area contributed by atoms with Crippen molar-refractivity contribution in [3.63, 3.8) is 0 Å². The quantitative estimate of drug-likeness (QED) is 0.881. The molecule has 0 aliphatic rings. The third kappa shape index (κ3) is 2.38. The van der Waals surface area contributed by atoms with Crippen LogP contribution in [-0.4, -0.2) is 33.0 Å². The van der Waals surface area contributed by atoms with Crippen molar-refractivity contribution in [2.24, 2.45) is 7.05 Å². The van der Waals surface area contributed by atoms with E-state index in [1.54, 1.807) is 31.0 Å². The summed E-state index contributed by atoms with van der Waals surface area (Å²) in [7, 11) is 3.38. The first kappa shape index (κ1) is 12.3. The Bertz CT molecular complexity index is 560. The van der Waals surface area contributed by atoms with Crippen LogP contribution in [0.1, 0.15) is 16.2 Å². The maximum Gasteiger partial charge on any atom is 0.335 e. The first-order valence-corrected chi connectivity index (χ1v) is 5.34. The number of aromatic nitrogens is 3. The minimum atomic E-state index is -0.949. The molecule has 0 unspecified atom stereocenters. The molecule has 1 heterocycles. The van der Waals surface area contributed by atoms with Gasteiger partial charge in [-0.25, -0.2) is 9.78 Å². The molecule has 94 valence electrons. The number of carboxylic acid groups (broad SMARTS) is 1. The molecule has 0 aliphatic carbocycles. The van der Waals surface area contributed by atoms with Gasteiger partial charge < -0.3 is 9.84 Å². The standard InChI is InChI=1S/C12H13N3O3/c1-15-10(7-18-2)13-11(14-15)8-3-5-9(6-4-8)12(16)17/h3-6H,7H2,1-2H3,(H,16,17). The molecule has 0 bridgehead atoms. The highest BCUT2D eigenvalue weighted by atomic mass is 16.5. The van der Waals surface area contributed by atoms with E-state index >= 15 is 0 Å². The van der Waals surface area contributed by atoms with E-state index in [2.05, 4.69) is 10.1 Å². The van der Waals surface area contributed by atoms with Gasteiger partial charge in [-0.2, -0.15) is 5.10 Å². The molecule has 0 radical (unpaired) electrons. The molecule has 6 nitrogen and oxygen atoms in total. The van der Waals surface area contributed by atoms with Crippen LogP contribution in [0.25, 0.3) is 11.4 Å². The summed E-state index contributed by atoms with van der Waals surface area (Å²) in [6, 6.07) is 6.44. The van der Waals surface area contributed by atoms with E-state index < -0.39 is 5.97 Å². The third-order valence-corrected chi connectivity index (χ3v) is 2.52. The van der Waals surface area contributed by atoms with Crippen LogP contribution in [0.15, 0.2) is 24.3 Å². The molecule has 0 saturated heterocycles. The molecule has 0 amide bonds. The Balaban J connectivity index is 2.31. The first-order chi connectivity index (χ1) is 8.61. The van der Waals surface area contributed by atoms with E-state index in [1.807, 2.05) is 0 Å². The SMILES string of the molecule is COCc1nc(-c2ccc(C(=O)O)cc2)nn1C. The van der Waals surface area contributed by atoms with Crippen molar-refractivity contribution in [2.45, 2.75) is 6.61 Å². The van der Waals surface area contributed by atoms with Gasteiger partial charge in [0.25, 0.3) is 0 Å². The number of carbonyl (C=O) groups is 1. The molecule has 2 aromatic rings. The second-order valence-electron chi connectivity index (χ2n) is 3.79. The Kier molecular flexibility index (Phi) is 3.38. The lowest BCUT2D eigenvalue weighted by atomic mass is 10.1. The van der Waals surface area contributed by atoms with Gasteiger partial charge in [0.1, 0.15) is 6.61 Å². The van der Waals surface area contributed by atoms with Crippen LogP contribution in [-0.2, 0) is 18.4 Å². The summed E-state index contributed by atoms with van der Waals surface area (Å²) in [5, 5.41) is 13.1. The summed E-state index contributed by atoms with van der Waals surface area (Å²) in [5.41, 5.74) is 1.02. The average molecular weight is 247 g/mol. The number of nitrogens with zero attached hydrogens (tertiary/aromatic N) is 3. The number of hydrogen-bond donors (Lipinski definition) is 1. The van der Waals surface area contributed by atoms with Gasteiger partial charge in [-0.05, 0) is 12.1 Å². The van der Waals surface area contributed by atoms with Crippen LogP contribution in [0.3, 0.4) is 0 Å². The highest BCUT2D eigenvalue weighted by Gasteiger charge is 2.10. The summed E-state index contributed by atoms with van der Waals surface area (Å²) in [6.07, 6.45) is 0. The van der Waals surface area contributed by atoms with Crippen LogP contribution in [0.4, 0.5) is 0 Å². The van der Waals surface area contributed by atoms with E-state index in [9.17, 15) is 4.79 Å². The van der Waals surface area contributed by atoms with Crippen molar-refractivity contribution < 1.29 is 14.6 Å². The topological polar surface area (TPSA) is 77.2 Å². The van der Waals surface area contributed by atoms with Crippen molar-refractivity contribution in [1.29, 1.82) is 0 Å². The van der Waals surface area contributed by atoms with Crippen molar-refractivity contribution in [3.8, 4) is 11.4 Å². The Morgan fingerprint density at radius 3 is 2.61 bits per heavy atom. The van der Waals surface area contributed by atoms with Gasteiger partial charge in [0.15, 0.2) is 11.6 Å². The van der Waals surface area contributed by atoms with Crippen LogP contribution >= 0.6 is 0 Å². The van der Waals surface area contributed by atoms with Crippen LogP contribution in [0.5, 0.6) is 0 Å². The van der Waals surface area contributed by atoms with E-state index in [0.717, 1.165) is 11.4 Å². The number of rotatable bonds is 4. The second kappa shape index (κ2) is 4.97. The van der Waals surface area contributed by atoms with Crippen molar-refractivity contribution >= 4 is 5.97 Å². The molecule has 6 heteroatoms. The number of aromatic carboxylic acids is 1. The maximum absolute atomic E-state index is 10.7. The Hall–Kier alpha value is -2.21. The lowest BCUT2D eigenvalue weighted by molar-refractivity contribution is 0.0697. The lowest BCUT2D eigenvalue weighted by Crippen LogP contribution is -2.00. The molecule has 0 atom stereocenters. The maximum atomic E-state index is 10.7. The highest BCUT2D eigenvalue weighted by Crippen LogP contribution is 2.16. The normalized spacial score (nSPS) is 10.6. The van der Waals surface area contributed by atoms with Crippen LogP contribution in [0.2, 0.25) is 0 Å². The van der Waals surface area contributed by atoms with Crippen LogP contribution in [0, 0.1) is 0 Å². The summed E-state index contributed by atoms with van der Waals surface area (Å²) < 4.78 is 6.65. The Morgan fingerprint density at radius 1 is 1.39 bits per heavy atom. The van der Waals surface area contributed by atoms with Gasteiger partial charge in [-0.1, -0.05) is 12.1 Å². The number of aryl methyl sites for hydroxylation is 1. The molecule has 0 fully saturated rings. The van der Waals surface area contributed by atoms with E-state index in [-0.39, 0.29) is 5.56 Å². The third-order valence-electron chi connectivity index (χ3n) is 2.52. The molecule has 0 aliphatic heterocycles. The number of ether oxygens (including phenoxy) is 1. The van der Waals surface area contributed by atoms with Gasteiger partial charge >= 0.3 is 5.97 Å². The highest BCUT2D eigenvalue weighted by molar-refractivity contribution is 5.88. The molecular formula is C12H13N3O3. The summed E-state index contributed by atoms with van der Waals surface area (Å²) in [4.78, 5) is 15.1. The van der Waals surface area contributed by atoms with Gasteiger partial charge in [-0.15, -0.1) is 0 Å². The fourth-order valence-corrected chi connectivity index (χ4v) is 1.56. The van der Waals surface area contributed by atoms with E-state index in [0.29, 0.717) is 12.4 Å². The van der Waals surface area contributed by atoms with Crippen molar-refractivity contribution in [1.82, 2.24) is 14.8 Å². The van der Waals surface area contributed by atoms with Crippen molar-refractivity contribution in [3.05, 3.63) is 35.7 Å². The number of carboxylic acids is 1. The predicted octanol–water partition coefficient (Wildman–Crippen LogP) is 1.33. The second-order valence-corrected chi connectivity index (χ2v) is 3.79. The van der Waals surface area contributed by atoms with Crippen LogP contribution < -0.4 is 0 Å². The largest absolute Gasteiger partial charge is 0.478 e.